The van der Waals surface area contributed by atoms with Crippen LogP contribution in [0.3, 0.4) is 0 Å². The SMILES string of the molecule is Oc1ccc2c3c1O[C@H]1c4c(c5ccc(O)c6c5n4CCC6)C[C@@]4(O)[C@H](C2)N(CC2CC2)CC[C@]314. The molecule has 2 aromatic carbocycles. The summed E-state index contributed by atoms with van der Waals surface area (Å²) in [6, 6.07) is 7.76. The molecule has 180 valence electrons. The quantitative estimate of drug-likeness (QED) is 0.533. The molecule has 4 heterocycles. The molecule has 9 rings (SSSR count). The summed E-state index contributed by atoms with van der Waals surface area (Å²) < 4.78 is 9.16. The van der Waals surface area contributed by atoms with Crippen LogP contribution < -0.4 is 4.74 Å². The molecule has 3 aromatic rings. The predicted molar refractivity (Wildman–Crippen MR) is 130 cm³/mol. The van der Waals surface area contributed by atoms with Crippen molar-refractivity contribution in [3.05, 3.63) is 52.2 Å². The number of phenols is 2. The number of fused-ring (bicyclic) bond motifs is 4. The van der Waals surface area contributed by atoms with Gasteiger partial charge < -0.3 is 24.6 Å². The number of piperidine rings is 1. The summed E-state index contributed by atoms with van der Waals surface area (Å²) in [4.78, 5) is 2.58. The Hall–Kier alpha value is -2.70. The van der Waals surface area contributed by atoms with Gasteiger partial charge in [0.15, 0.2) is 17.6 Å². The number of aliphatic hydroxyl groups is 1. The van der Waals surface area contributed by atoms with Crippen molar-refractivity contribution in [2.24, 2.45) is 5.92 Å². The Labute approximate surface area is 203 Å². The Bertz CT molecular complexity index is 1470. The molecule has 1 saturated heterocycles. The fraction of sp³-hybridized carbons (Fsp3) is 0.517. The van der Waals surface area contributed by atoms with E-state index in [2.05, 4.69) is 15.5 Å². The van der Waals surface area contributed by atoms with E-state index in [0.29, 0.717) is 17.9 Å². The van der Waals surface area contributed by atoms with Gasteiger partial charge in [0.1, 0.15) is 5.75 Å². The second-order valence-electron chi connectivity index (χ2n) is 12.0. The van der Waals surface area contributed by atoms with E-state index in [1.54, 1.807) is 6.07 Å². The second-order valence-corrected chi connectivity index (χ2v) is 12.0. The second kappa shape index (κ2) is 5.98. The van der Waals surface area contributed by atoms with E-state index in [4.69, 9.17) is 4.74 Å². The van der Waals surface area contributed by atoms with Gasteiger partial charge >= 0.3 is 0 Å². The van der Waals surface area contributed by atoms with Crippen LogP contribution in [0.5, 0.6) is 17.2 Å². The number of aryl methyl sites for hydroxylation is 2. The van der Waals surface area contributed by atoms with Gasteiger partial charge in [-0.1, -0.05) is 6.07 Å². The number of hydrogen-bond donors (Lipinski definition) is 3. The van der Waals surface area contributed by atoms with Crippen LogP contribution in [0.1, 0.15) is 59.7 Å². The fourth-order valence-corrected chi connectivity index (χ4v) is 8.90. The first-order valence-electron chi connectivity index (χ1n) is 13.4. The summed E-state index contributed by atoms with van der Waals surface area (Å²) in [7, 11) is 0. The molecular formula is C29H30N2O4. The molecule has 6 nitrogen and oxygen atoms in total. The number of aromatic nitrogens is 1. The van der Waals surface area contributed by atoms with E-state index in [1.807, 2.05) is 12.1 Å². The van der Waals surface area contributed by atoms with E-state index in [0.717, 1.165) is 79.0 Å². The standard InChI is InChI=1S/C29H30N2O4/c32-20-8-6-17-19-13-29(34)22-12-16-5-7-21(33)26-23(16)28(29,9-11-30(22)14-15-3-4-15)27(35-26)25(19)31-10-1-2-18(20)24(17)31/h5-8,15,22,27,32-34H,1-4,9-14H2/t22-,27-,28-,29+/m0/s1. The summed E-state index contributed by atoms with van der Waals surface area (Å²) in [5, 5.41) is 35.7. The van der Waals surface area contributed by atoms with Crippen molar-refractivity contribution in [1.29, 1.82) is 0 Å². The average molecular weight is 471 g/mol. The van der Waals surface area contributed by atoms with Gasteiger partial charge in [-0.3, -0.25) is 4.90 Å². The number of phenolic OH excluding ortho intramolecular Hbond substituents is 2. The third kappa shape index (κ3) is 2.06. The van der Waals surface area contributed by atoms with Crippen LogP contribution in [0.2, 0.25) is 0 Å². The molecule has 2 fully saturated rings. The Morgan fingerprint density at radius 2 is 1.89 bits per heavy atom. The summed E-state index contributed by atoms with van der Waals surface area (Å²) in [6.45, 7) is 2.92. The molecule has 3 aliphatic heterocycles. The predicted octanol–water partition coefficient (Wildman–Crippen LogP) is 3.70. The number of rotatable bonds is 2. The Kier molecular flexibility index (Phi) is 3.33. The Morgan fingerprint density at radius 3 is 2.74 bits per heavy atom. The minimum absolute atomic E-state index is 0.0409. The van der Waals surface area contributed by atoms with E-state index < -0.39 is 11.0 Å². The van der Waals surface area contributed by atoms with Crippen molar-refractivity contribution < 1.29 is 20.1 Å². The average Bonchev–Trinajstić information content (AvgIpc) is 3.51. The van der Waals surface area contributed by atoms with Gasteiger partial charge in [0, 0.05) is 42.1 Å². The summed E-state index contributed by atoms with van der Waals surface area (Å²) in [6.07, 6.45) is 6.35. The number of hydrogen-bond acceptors (Lipinski definition) is 5. The molecule has 1 aromatic heterocycles. The van der Waals surface area contributed by atoms with Crippen LogP contribution >= 0.6 is 0 Å². The van der Waals surface area contributed by atoms with Crippen LogP contribution in [-0.4, -0.2) is 49.5 Å². The van der Waals surface area contributed by atoms with E-state index in [9.17, 15) is 15.3 Å². The third-order valence-corrected chi connectivity index (χ3v) is 10.5. The molecule has 6 aliphatic rings. The van der Waals surface area contributed by atoms with Gasteiger partial charge in [-0.2, -0.15) is 0 Å². The molecule has 3 aliphatic carbocycles. The van der Waals surface area contributed by atoms with Gasteiger partial charge in [-0.25, -0.2) is 0 Å². The summed E-state index contributed by atoms with van der Waals surface area (Å²) >= 11 is 0. The first-order valence-corrected chi connectivity index (χ1v) is 13.4. The normalized spacial score (nSPS) is 34.0. The van der Waals surface area contributed by atoms with Gasteiger partial charge in [0.2, 0.25) is 0 Å². The molecular weight excluding hydrogens is 440 g/mol. The molecule has 0 radical (unpaired) electrons. The number of ether oxygens (including phenoxy) is 1. The minimum Gasteiger partial charge on any atom is -0.508 e. The fourth-order valence-electron chi connectivity index (χ4n) is 8.90. The van der Waals surface area contributed by atoms with Gasteiger partial charge in [-0.05, 0) is 80.3 Å². The van der Waals surface area contributed by atoms with Crippen molar-refractivity contribution >= 4 is 10.9 Å². The zero-order valence-corrected chi connectivity index (χ0v) is 19.8. The molecule has 1 spiro atoms. The first-order chi connectivity index (χ1) is 17.0. The third-order valence-electron chi connectivity index (χ3n) is 10.5. The molecule has 2 bridgehead atoms. The number of benzene rings is 2. The number of likely N-dealkylation sites (tertiary alicyclic amines) is 1. The monoisotopic (exact) mass is 470 g/mol. The highest BCUT2D eigenvalue weighted by Crippen LogP contribution is 2.69. The number of aromatic hydroxyl groups is 2. The maximum atomic E-state index is 13.0. The molecule has 3 N–H and O–H groups in total. The van der Waals surface area contributed by atoms with E-state index >= 15 is 0 Å². The highest BCUT2D eigenvalue weighted by atomic mass is 16.5. The lowest BCUT2D eigenvalue weighted by atomic mass is 9.49. The zero-order valence-electron chi connectivity index (χ0n) is 19.8. The van der Waals surface area contributed by atoms with Crippen LogP contribution in [0.4, 0.5) is 0 Å². The minimum atomic E-state index is -0.963. The maximum Gasteiger partial charge on any atom is 0.166 e. The van der Waals surface area contributed by atoms with E-state index in [1.165, 1.54) is 24.0 Å². The molecule has 4 atom stereocenters. The van der Waals surface area contributed by atoms with Crippen LogP contribution in [0.25, 0.3) is 10.9 Å². The zero-order chi connectivity index (χ0) is 23.3. The lowest BCUT2D eigenvalue weighted by Crippen LogP contribution is -2.74. The summed E-state index contributed by atoms with van der Waals surface area (Å²) in [5.41, 5.74) is 5.26. The Morgan fingerprint density at radius 1 is 1.03 bits per heavy atom. The molecule has 35 heavy (non-hydrogen) atoms. The van der Waals surface area contributed by atoms with Gasteiger partial charge in [0.25, 0.3) is 0 Å². The molecule has 0 unspecified atom stereocenters. The molecule has 1 saturated carbocycles. The largest absolute Gasteiger partial charge is 0.508 e. The van der Waals surface area contributed by atoms with Crippen molar-refractivity contribution in [2.45, 2.75) is 74.7 Å². The van der Waals surface area contributed by atoms with Crippen LogP contribution in [0, 0.1) is 5.92 Å². The van der Waals surface area contributed by atoms with Crippen molar-refractivity contribution in [2.75, 3.05) is 13.1 Å². The lowest BCUT2D eigenvalue weighted by molar-refractivity contribution is -0.173. The van der Waals surface area contributed by atoms with Crippen LogP contribution in [0.15, 0.2) is 24.3 Å². The van der Waals surface area contributed by atoms with Crippen molar-refractivity contribution in [3.63, 3.8) is 0 Å². The number of nitrogens with zero attached hydrogens (tertiary/aromatic N) is 2. The molecule has 0 amide bonds. The maximum absolute atomic E-state index is 13.0. The van der Waals surface area contributed by atoms with Crippen molar-refractivity contribution in [1.82, 2.24) is 9.47 Å². The van der Waals surface area contributed by atoms with Gasteiger partial charge in [-0.15, -0.1) is 0 Å². The Balaban J connectivity index is 1.36. The summed E-state index contributed by atoms with van der Waals surface area (Å²) in [5.74, 6) is 1.90. The first kappa shape index (κ1) is 19.5. The van der Waals surface area contributed by atoms with Gasteiger partial charge in [0.05, 0.1) is 22.2 Å². The van der Waals surface area contributed by atoms with E-state index in [-0.39, 0.29) is 17.9 Å². The smallest absolute Gasteiger partial charge is 0.166 e. The topological polar surface area (TPSA) is 78.1 Å². The lowest BCUT2D eigenvalue weighted by Gasteiger charge is -2.63. The van der Waals surface area contributed by atoms with Crippen molar-refractivity contribution in [3.8, 4) is 17.2 Å². The highest BCUT2D eigenvalue weighted by molar-refractivity contribution is 5.91. The van der Waals surface area contributed by atoms with Crippen LogP contribution in [-0.2, 0) is 31.2 Å². The molecule has 6 heteroatoms. The highest BCUT2D eigenvalue weighted by Gasteiger charge is 2.73.